The van der Waals surface area contributed by atoms with Crippen LogP contribution in [-0.4, -0.2) is 14.8 Å². The molecule has 3 aromatic rings. The van der Waals surface area contributed by atoms with Gasteiger partial charge in [-0.3, -0.25) is 0 Å². The molecule has 0 bridgehead atoms. The van der Waals surface area contributed by atoms with E-state index in [-0.39, 0.29) is 0 Å². The van der Waals surface area contributed by atoms with E-state index in [4.69, 9.17) is 4.74 Å². The molecule has 24 heavy (non-hydrogen) atoms. The molecule has 0 N–H and O–H groups in total. The van der Waals surface area contributed by atoms with Gasteiger partial charge in [0.15, 0.2) is 34.6 Å². The molecule has 0 radical (unpaired) electrons. The summed E-state index contributed by atoms with van der Waals surface area (Å²) >= 11 is 1.52. The zero-order chi connectivity index (χ0) is 17.5. The highest BCUT2D eigenvalue weighted by molar-refractivity contribution is 7.08. The fraction of sp³-hybridized carbons (Fsp3) is 0.250. The normalized spacial score (nSPS) is 11.8. The van der Waals surface area contributed by atoms with Crippen LogP contribution in [0.25, 0.3) is 11.4 Å². The van der Waals surface area contributed by atoms with E-state index in [1.54, 1.807) is 25.5 Å². The van der Waals surface area contributed by atoms with Crippen molar-refractivity contribution in [3.63, 3.8) is 0 Å². The first kappa shape index (κ1) is 16.5. The number of rotatable bonds is 4. The van der Waals surface area contributed by atoms with Gasteiger partial charge in [-0.1, -0.05) is 0 Å². The molecule has 2 heterocycles. The van der Waals surface area contributed by atoms with Crippen molar-refractivity contribution in [3.05, 3.63) is 52.2 Å². The summed E-state index contributed by atoms with van der Waals surface area (Å²) in [5, 5.41) is 12.0. The zero-order valence-corrected chi connectivity index (χ0v) is 14.0. The van der Waals surface area contributed by atoms with E-state index in [1.807, 2.05) is 16.8 Å². The van der Waals surface area contributed by atoms with E-state index >= 15 is 0 Å². The third kappa shape index (κ3) is 2.89. The molecule has 1 aromatic carbocycles. The van der Waals surface area contributed by atoms with Crippen LogP contribution in [0.4, 0.5) is 13.2 Å². The number of halogens is 3. The van der Waals surface area contributed by atoms with Crippen molar-refractivity contribution in [2.75, 3.05) is 0 Å². The second kappa shape index (κ2) is 5.94. The summed E-state index contributed by atoms with van der Waals surface area (Å²) in [6.07, 6.45) is 0. The molecule has 0 aliphatic carbocycles. The Morgan fingerprint density at radius 2 is 1.79 bits per heavy atom. The smallest absolute Gasteiger partial charge is 0.192 e. The number of ether oxygens (including phenoxy) is 1. The maximum atomic E-state index is 13.8. The quantitative estimate of drug-likeness (QED) is 0.703. The number of hydrogen-bond donors (Lipinski definition) is 0. The molecule has 0 amide bonds. The Bertz CT molecular complexity index is 852. The van der Waals surface area contributed by atoms with Crippen molar-refractivity contribution in [1.82, 2.24) is 14.8 Å². The van der Waals surface area contributed by atoms with Gasteiger partial charge < -0.3 is 9.30 Å². The maximum Gasteiger partial charge on any atom is 0.192 e. The average molecular weight is 353 g/mol. The second-order valence-corrected chi connectivity index (χ2v) is 6.51. The summed E-state index contributed by atoms with van der Waals surface area (Å²) in [7, 11) is 1.74. The number of nitrogens with zero attached hydrogens (tertiary/aromatic N) is 3. The molecule has 3 rings (SSSR count). The van der Waals surface area contributed by atoms with Gasteiger partial charge in [-0.15, -0.1) is 10.2 Å². The van der Waals surface area contributed by atoms with Gasteiger partial charge in [0.25, 0.3) is 0 Å². The second-order valence-electron chi connectivity index (χ2n) is 5.73. The van der Waals surface area contributed by atoms with E-state index < -0.39 is 28.8 Å². The highest BCUT2D eigenvalue weighted by Gasteiger charge is 2.32. The molecule has 0 saturated carbocycles. The van der Waals surface area contributed by atoms with Crippen LogP contribution < -0.4 is 4.74 Å². The Labute approximate surface area is 140 Å². The van der Waals surface area contributed by atoms with Crippen LogP contribution >= 0.6 is 11.3 Å². The van der Waals surface area contributed by atoms with Gasteiger partial charge in [-0.25, -0.2) is 13.2 Å². The van der Waals surface area contributed by atoms with Gasteiger partial charge in [-0.2, -0.15) is 11.3 Å². The van der Waals surface area contributed by atoms with Crippen LogP contribution in [0.15, 0.2) is 29.0 Å². The highest BCUT2D eigenvalue weighted by Crippen LogP contribution is 2.32. The molecule has 0 spiro atoms. The number of thiophene rings is 1. The molecule has 0 aliphatic heterocycles. The lowest BCUT2D eigenvalue weighted by molar-refractivity contribution is 0.0833. The summed E-state index contributed by atoms with van der Waals surface area (Å²) in [6.45, 7) is 3.22. The third-order valence-electron chi connectivity index (χ3n) is 3.51. The molecule has 126 valence electrons. The Balaban J connectivity index is 1.97. The van der Waals surface area contributed by atoms with E-state index in [0.29, 0.717) is 23.8 Å². The molecule has 0 unspecified atom stereocenters. The van der Waals surface area contributed by atoms with Gasteiger partial charge in [0.2, 0.25) is 0 Å². The van der Waals surface area contributed by atoms with Crippen molar-refractivity contribution < 1.29 is 17.9 Å². The predicted octanol–water partition coefficient (Wildman–Crippen LogP) is 4.28. The van der Waals surface area contributed by atoms with Crippen LogP contribution in [-0.2, 0) is 12.6 Å². The summed E-state index contributed by atoms with van der Waals surface area (Å²) in [5.74, 6) is -2.88. The van der Waals surface area contributed by atoms with Gasteiger partial charge in [-0.05, 0) is 25.3 Å². The fourth-order valence-corrected chi connectivity index (χ4v) is 3.06. The summed E-state index contributed by atoms with van der Waals surface area (Å²) in [6, 6.07) is 3.04. The average Bonchev–Trinajstić information content (AvgIpc) is 3.12. The summed E-state index contributed by atoms with van der Waals surface area (Å²) < 4.78 is 47.9. The van der Waals surface area contributed by atoms with E-state index in [0.717, 1.165) is 5.56 Å². The number of aromatic nitrogens is 3. The maximum absolute atomic E-state index is 13.8. The Kier molecular flexibility index (Phi) is 4.08. The largest absolute Gasteiger partial charge is 0.474 e. The lowest BCUT2D eigenvalue weighted by Gasteiger charge is -2.26. The summed E-state index contributed by atoms with van der Waals surface area (Å²) in [5.41, 5.74) is -0.300. The first-order valence-electron chi connectivity index (χ1n) is 7.05. The van der Waals surface area contributed by atoms with Crippen molar-refractivity contribution >= 4 is 11.3 Å². The molecule has 0 fully saturated rings. The number of benzene rings is 1. The minimum atomic E-state index is -1.18. The van der Waals surface area contributed by atoms with Crippen molar-refractivity contribution in [1.29, 1.82) is 0 Å². The van der Waals surface area contributed by atoms with Gasteiger partial charge in [0.1, 0.15) is 5.82 Å². The lowest BCUT2D eigenvalue weighted by Crippen LogP contribution is -2.30. The van der Waals surface area contributed by atoms with Crippen LogP contribution in [0.5, 0.6) is 5.75 Å². The topological polar surface area (TPSA) is 39.9 Å². The van der Waals surface area contributed by atoms with Crippen molar-refractivity contribution in [2.24, 2.45) is 7.05 Å². The van der Waals surface area contributed by atoms with Gasteiger partial charge >= 0.3 is 0 Å². The predicted molar refractivity (Wildman–Crippen MR) is 84.3 cm³/mol. The molecule has 0 saturated heterocycles. The van der Waals surface area contributed by atoms with E-state index in [9.17, 15) is 13.2 Å². The fourth-order valence-electron chi connectivity index (χ4n) is 2.42. The van der Waals surface area contributed by atoms with Crippen LogP contribution in [0.2, 0.25) is 0 Å². The minimum Gasteiger partial charge on any atom is -0.474 e. The van der Waals surface area contributed by atoms with Crippen molar-refractivity contribution in [3.8, 4) is 17.1 Å². The Morgan fingerprint density at radius 3 is 2.38 bits per heavy atom. The Morgan fingerprint density at radius 1 is 1.12 bits per heavy atom. The number of hydrogen-bond acceptors (Lipinski definition) is 4. The molecule has 4 nitrogen and oxygen atoms in total. The third-order valence-corrected chi connectivity index (χ3v) is 4.20. The van der Waals surface area contributed by atoms with Crippen LogP contribution in [0, 0.1) is 17.5 Å². The zero-order valence-electron chi connectivity index (χ0n) is 13.2. The molecule has 0 atom stereocenters. The first-order valence-corrected chi connectivity index (χ1v) is 8.00. The van der Waals surface area contributed by atoms with Crippen LogP contribution in [0.1, 0.15) is 19.7 Å². The SMILES string of the molecule is Cn1c(-c2ccsc2)nnc1C(C)(C)Oc1c(F)cc(F)cc1F. The highest BCUT2D eigenvalue weighted by atomic mass is 32.1. The van der Waals surface area contributed by atoms with E-state index in [2.05, 4.69) is 10.2 Å². The molecule has 0 aliphatic rings. The molecular weight excluding hydrogens is 339 g/mol. The first-order chi connectivity index (χ1) is 11.3. The summed E-state index contributed by atoms with van der Waals surface area (Å²) in [4.78, 5) is 0. The minimum absolute atomic E-state index is 0.381. The lowest BCUT2D eigenvalue weighted by atomic mass is 10.1. The monoisotopic (exact) mass is 353 g/mol. The Hall–Kier alpha value is -2.35. The molecule has 2 aromatic heterocycles. The van der Waals surface area contributed by atoms with Crippen LogP contribution in [0.3, 0.4) is 0 Å². The van der Waals surface area contributed by atoms with E-state index in [1.165, 1.54) is 11.3 Å². The van der Waals surface area contributed by atoms with Gasteiger partial charge in [0, 0.05) is 30.1 Å². The standard InChI is InChI=1S/C16H14F3N3OS/c1-16(2,23-13-11(18)6-10(17)7-12(13)19)15-21-20-14(22(15)3)9-4-5-24-8-9/h4-8H,1-3H3. The molecular formula is C16H14F3N3OS. The molecule has 8 heteroatoms. The van der Waals surface area contributed by atoms with Gasteiger partial charge in [0.05, 0.1) is 0 Å². The van der Waals surface area contributed by atoms with Crippen molar-refractivity contribution in [2.45, 2.75) is 19.4 Å².